The zero-order valence-electron chi connectivity index (χ0n) is 22.4. The van der Waals surface area contributed by atoms with Crippen LogP contribution in [0, 0.1) is 0 Å². The van der Waals surface area contributed by atoms with Crippen molar-refractivity contribution in [1.29, 1.82) is 0 Å². The Labute approximate surface area is 233 Å². The maximum Gasteiger partial charge on any atom is 0.301 e. The molecule has 0 spiro atoms. The topological polar surface area (TPSA) is 117 Å². The van der Waals surface area contributed by atoms with Gasteiger partial charge >= 0.3 is 5.91 Å². The van der Waals surface area contributed by atoms with E-state index in [-0.39, 0.29) is 16.5 Å². The molecule has 1 N–H and O–H groups in total. The van der Waals surface area contributed by atoms with Crippen LogP contribution in [0.4, 0.5) is 5.13 Å². The molecule has 1 aromatic heterocycles. The number of aliphatic hydroxyl groups excluding tert-OH is 1. The van der Waals surface area contributed by atoms with Crippen LogP contribution in [0.15, 0.2) is 60.2 Å². The third-order valence-corrected chi connectivity index (χ3v) is 7.62. The Morgan fingerprint density at radius 3 is 2.02 bits per heavy atom. The Hall–Kier alpha value is -4.77. The molecule has 4 aromatic rings. The van der Waals surface area contributed by atoms with Gasteiger partial charge < -0.3 is 28.8 Å². The van der Waals surface area contributed by atoms with E-state index in [1.54, 1.807) is 61.7 Å². The summed E-state index contributed by atoms with van der Waals surface area (Å²) in [7, 11) is 7.50. The van der Waals surface area contributed by atoms with Gasteiger partial charge in [-0.3, -0.25) is 14.5 Å². The van der Waals surface area contributed by atoms with Crippen molar-refractivity contribution in [3.8, 4) is 28.7 Å². The fourth-order valence-electron chi connectivity index (χ4n) is 4.63. The predicted molar refractivity (Wildman–Crippen MR) is 150 cm³/mol. The van der Waals surface area contributed by atoms with Gasteiger partial charge in [0.15, 0.2) is 16.6 Å². The molecule has 1 aliphatic heterocycles. The Morgan fingerprint density at radius 2 is 1.45 bits per heavy atom. The van der Waals surface area contributed by atoms with Gasteiger partial charge in [-0.2, -0.15) is 0 Å². The molecule has 40 heavy (non-hydrogen) atoms. The number of carbonyl (C=O) groups is 2. The standard InChI is InChI=1S/C29H26N2O8S/c1-35-17-8-6-15(7-9-17)25(32)23-24(16-12-20(37-3)27(39-5)21(13-16)38-4)31(28(34)26(23)33)29-30-19-11-10-18(36-2)14-22(19)40-29/h6-14,24,32H,1-5H3/b25-23+/t24-/m0/s1. The molecule has 0 unspecified atom stereocenters. The number of hydrogen-bond acceptors (Lipinski definition) is 10. The minimum absolute atomic E-state index is 0.110. The number of nitrogens with zero attached hydrogens (tertiary/aromatic N) is 2. The zero-order valence-corrected chi connectivity index (χ0v) is 23.2. The number of ketones is 1. The number of carbonyl (C=O) groups excluding carboxylic acids is 2. The first-order valence-electron chi connectivity index (χ1n) is 12.0. The van der Waals surface area contributed by atoms with E-state index in [0.29, 0.717) is 45.4 Å². The number of amides is 1. The SMILES string of the molecule is COc1ccc(/C(O)=C2\C(=O)C(=O)N(c3nc4ccc(OC)cc4s3)[C@H]2c2cc(OC)c(OC)c(OC)c2)cc1. The van der Waals surface area contributed by atoms with E-state index in [2.05, 4.69) is 4.98 Å². The van der Waals surface area contributed by atoms with Crippen molar-refractivity contribution >= 4 is 44.1 Å². The summed E-state index contributed by atoms with van der Waals surface area (Å²) in [4.78, 5) is 33.2. The van der Waals surface area contributed by atoms with Gasteiger partial charge in [0.25, 0.3) is 5.78 Å². The van der Waals surface area contributed by atoms with Gasteiger partial charge in [-0.15, -0.1) is 0 Å². The summed E-state index contributed by atoms with van der Waals surface area (Å²) >= 11 is 1.22. The summed E-state index contributed by atoms with van der Waals surface area (Å²) in [6.45, 7) is 0. The monoisotopic (exact) mass is 562 g/mol. The molecule has 11 heteroatoms. The Balaban J connectivity index is 1.76. The van der Waals surface area contributed by atoms with E-state index < -0.39 is 17.7 Å². The van der Waals surface area contributed by atoms with E-state index in [9.17, 15) is 14.7 Å². The second-order valence-corrected chi connectivity index (χ2v) is 9.70. The van der Waals surface area contributed by atoms with E-state index in [1.165, 1.54) is 44.7 Å². The molecular formula is C29H26N2O8S. The van der Waals surface area contributed by atoms with Gasteiger partial charge in [-0.05, 0) is 60.2 Å². The third kappa shape index (κ3) is 4.43. The van der Waals surface area contributed by atoms with Gasteiger partial charge in [0.2, 0.25) is 5.75 Å². The van der Waals surface area contributed by atoms with Crippen LogP contribution >= 0.6 is 11.3 Å². The van der Waals surface area contributed by atoms with Gasteiger partial charge in [0.1, 0.15) is 17.3 Å². The lowest BCUT2D eigenvalue weighted by Crippen LogP contribution is -2.29. The van der Waals surface area contributed by atoms with Crippen molar-refractivity contribution in [2.75, 3.05) is 40.4 Å². The first kappa shape index (κ1) is 26.8. The van der Waals surface area contributed by atoms with Gasteiger partial charge in [0, 0.05) is 5.56 Å². The molecule has 0 radical (unpaired) electrons. The molecular weight excluding hydrogens is 536 g/mol. The zero-order chi connectivity index (χ0) is 28.6. The van der Waals surface area contributed by atoms with E-state index in [4.69, 9.17) is 23.7 Å². The van der Waals surface area contributed by atoms with Crippen LogP contribution in [0.5, 0.6) is 28.7 Å². The van der Waals surface area contributed by atoms with Gasteiger partial charge in [-0.1, -0.05) is 11.3 Å². The molecule has 206 valence electrons. The lowest BCUT2D eigenvalue weighted by Gasteiger charge is -2.24. The van der Waals surface area contributed by atoms with Crippen molar-refractivity contribution in [3.05, 3.63) is 71.3 Å². The second-order valence-electron chi connectivity index (χ2n) is 8.69. The quantitative estimate of drug-likeness (QED) is 0.181. The number of methoxy groups -OCH3 is 5. The van der Waals surface area contributed by atoms with Crippen LogP contribution < -0.4 is 28.6 Å². The van der Waals surface area contributed by atoms with Gasteiger partial charge in [-0.25, -0.2) is 4.98 Å². The Morgan fingerprint density at radius 1 is 0.825 bits per heavy atom. The maximum absolute atomic E-state index is 13.6. The average Bonchev–Trinajstić information content (AvgIpc) is 3.53. The van der Waals surface area contributed by atoms with Crippen molar-refractivity contribution in [1.82, 2.24) is 4.98 Å². The number of ether oxygens (including phenoxy) is 5. The summed E-state index contributed by atoms with van der Waals surface area (Å²) in [6, 6.07) is 14.1. The van der Waals surface area contributed by atoms with Crippen molar-refractivity contribution < 1.29 is 38.4 Å². The van der Waals surface area contributed by atoms with E-state index >= 15 is 0 Å². The normalized spacial score (nSPS) is 16.3. The van der Waals surface area contributed by atoms with Crippen molar-refractivity contribution in [2.45, 2.75) is 6.04 Å². The number of thiazole rings is 1. The van der Waals surface area contributed by atoms with Crippen molar-refractivity contribution in [2.24, 2.45) is 0 Å². The minimum atomic E-state index is -1.06. The van der Waals surface area contributed by atoms with E-state index in [0.717, 1.165) is 4.70 Å². The smallest absolute Gasteiger partial charge is 0.301 e. The van der Waals surface area contributed by atoms with E-state index in [1.807, 2.05) is 0 Å². The lowest BCUT2D eigenvalue weighted by atomic mass is 9.94. The number of rotatable bonds is 8. The summed E-state index contributed by atoms with van der Waals surface area (Å²) in [6.07, 6.45) is 0. The van der Waals surface area contributed by atoms with Crippen LogP contribution in [-0.2, 0) is 9.59 Å². The number of aliphatic hydroxyl groups is 1. The molecule has 1 aliphatic rings. The fourth-order valence-corrected chi connectivity index (χ4v) is 5.65. The predicted octanol–water partition coefficient (Wildman–Crippen LogP) is 4.97. The number of benzene rings is 3. The highest BCUT2D eigenvalue weighted by molar-refractivity contribution is 7.22. The van der Waals surface area contributed by atoms with Crippen LogP contribution in [0.25, 0.3) is 16.0 Å². The van der Waals surface area contributed by atoms with Gasteiger partial charge in [0.05, 0.1) is 57.4 Å². The van der Waals surface area contributed by atoms with Crippen LogP contribution in [0.2, 0.25) is 0 Å². The molecule has 1 saturated heterocycles. The summed E-state index contributed by atoms with van der Waals surface area (Å²) in [5.74, 6) is 0.150. The van der Waals surface area contributed by atoms with Crippen molar-refractivity contribution in [3.63, 3.8) is 0 Å². The minimum Gasteiger partial charge on any atom is -0.507 e. The molecule has 2 heterocycles. The highest BCUT2D eigenvalue weighted by atomic mass is 32.1. The molecule has 0 bridgehead atoms. The Kier molecular flexibility index (Phi) is 7.22. The number of Topliss-reactive ketones (excluding diaryl/α,β-unsaturated/α-hetero) is 1. The highest BCUT2D eigenvalue weighted by Gasteiger charge is 2.48. The highest BCUT2D eigenvalue weighted by Crippen LogP contribution is 2.48. The maximum atomic E-state index is 13.6. The molecule has 1 fully saturated rings. The van der Waals surface area contributed by atoms with Crippen LogP contribution in [0.3, 0.4) is 0 Å². The molecule has 1 atom stereocenters. The molecule has 0 aliphatic carbocycles. The molecule has 0 saturated carbocycles. The van der Waals surface area contributed by atoms with Crippen LogP contribution in [0.1, 0.15) is 17.2 Å². The number of aromatic nitrogens is 1. The summed E-state index contributed by atoms with van der Waals surface area (Å²) < 4.78 is 27.8. The number of fused-ring (bicyclic) bond motifs is 1. The third-order valence-electron chi connectivity index (χ3n) is 6.60. The first-order chi connectivity index (χ1) is 19.3. The fraction of sp³-hybridized carbons (Fsp3) is 0.207. The molecule has 5 rings (SSSR count). The average molecular weight is 563 g/mol. The first-order valence-corrected chi connectivity index (χ1v) is 12.9. The molecule has 3 aromatic carbocycles. The molecule has 10 nitrogen and oxygen atoms in total. The summed E-state index contributed by atoms with van der Waals surface area (Å²) in [5, 5.41) is 11.7. The second kappa shape index (κ2) is 10.8. The Bertz CT molecular complexity index is 1620. The molecule has 1 amide bonds. The summed E-state index contributed by atoms with van der Waals surface area (Å²) in [5.41, 5.74) is 1.30. The lowest BCUT2D eigenvalue weighted by molar-refractivity contribution is -0.132. The largest absolute Gasteiger partial charge is 0.507 e. The van der Waals surface area contributed by atoms with Crippen LogP contribution in [-0.4, -0.2) is 57.3 Å². The number of anilines is 1. The number of hydrogen-bond donors (Lipinski definition) is 1.